The smallest absolute Gasteiger partial charge is 0.239 e. The van der Waals surface area contributed by atoms with Gasteiger partial charge < -0.3 is 4.90 Å². The van der Waals surface area contributed by atoms with Gasteiger partial charge in [-0.15, -0.1) is 11.3 Å². The van der Waals surface area contributed by atoms with Gasteiger partial charge in [-0.05, 0) is 53.1 Å². The molecule has 0 saturated carbocycles. The highest BCUT2D eigenvalue weighted by Gasteiger charge is 2.33. The van der Waals surface area contributed by atoms with Crippen LogP contribution in [0.25, 0.3) is 0 Å². The standard InChI is InChI=1S/C17H27N3OS/c1-12-13(2)22-16(18-12)14-7-6-10-20(11-14)17(21)15-8-4-5-9-19(15)3/h14-15H,4-11H2,1-3H3/t14-,15-/m0/s1. The molecule has 0 aliphatic carbocycles. The summed E-state index contributed by atoms with van der Waals surface area (Å²) in [4.78, 5) is 23.3. The summed E-state index contributed by atoms with van der Waals surface area (Å²) in [7, 11) is 2.09. The number of carbonyl (C=O) groups excluding carboxylic acids is 1. The zero-order valence-electron chi connectivity index (χ0n) is 14.0. The number of amides is 1. The molecule has 2 aliphatic heterocycles. The van der Waals surface area contributed by atoms with Crippen LogP contribution in [0, 0.1) is 13.8 Å². The Labute approximate surface area is 137 Å². The minimum absolute atomic E-state index is 0.104. The lowest BCUT2D eigenvalue weighted by molar-refractivity contribution is -0.138. The van der Waals surface area contributed by atoms with Crippen molar-refractivity contribution in [3.05, 3.63) is 15.6 Å². The van der Waals surface area contributed by atoms with Crippen LogP contribution in [0.5, 0.6) is 0 Å². The van der Waals surface area contributed by atoms with E-state index in [2.05, 4.69) is 30.7 Å². The number of hydrogen-bond acceptors (Lipinski definition) is 4. The Bertz CT molecular complexity index is 523. The molecule has 3 heterocycles. The second kappa shape index (κ2) is 6.67. The van der Waals surface area contributed by atoms with Crippen LogP contribution in [-0.2, 0) is 4.79 Å². The van der Waals surface area contributed by atoms with Gasteiger partial charge in [0.25, 0.3) is 0 Å². The fraction of sp³-hybridized carbons (Fsp3) is 0.765. The molecule has 3 rings (SSSR count). The van der Waals surface area contributed by atoms with Crippen molar-refractivity contribution in [3.63, 3.8) is 0 Å². The van der Waals surface area contributed by atoms with Crippen molar-refractivity contribution in [2.45, 2.75) is 57.9 Å². The molecule has 0 radical (unpaired) electrons. The molecule has 122 valence electrons. The second-order valence-electron chi connectivity index (χ2n) is 6.81. The van der Waals surface area contributed by atoms with Crippen LogP contribution in [0.4, 0.5) is 0 Å². The number of hydrogen-bond donors (Lipinski definition) is 0. The number of rotatable bonds is 2. The molecular weight excluding hydrogens is 294 g/mol. The number of carbonyl (C=O) groups is 1. The molecule has 4 nitrogen and oxygen atoms in total. The maximum atomic E-state index is 12.9. The first-order valence-corrected chi connectivity index (χ1v) is 9.31. The van der Waals surface area contributed by atoms with Gasteiger partial charge in [0.05, 0.1) is 16.7 Å². The first-order chi connectivity index (χ1) is 10.6. The molecule has 1 amide bonds. The third-order valence-corrected chi connectivity index (χ3v) is 6.42. The molecule has 2 fully saturated rings. The first kappa shape index (κ1) is 15.9. The summed E-state index contributed by atoms with van der Waals surface area (Å²) >= 11 is 1.81. The average Bonchev–Trinajstić information content (AvgIpc) is 2.87. The molecular formula is C17H27N3OS. The molecule has 2 aliphatic rings. The quantitative estimate of drug-likeness (QED) is 0.840. The molecule has 2 atom stereocenters. The summed E-state index contributed by atoms with van der Waals surface area (Å²) in [6.07, 6.45) is 5.69. The fourth-order valence-electron chi connectivity index (χ4n) is 3.65. The van der Waals surface area contributed by atoms with Gasteiger partial charge in [0.2, 0.25) is 5.91 Å². The molecule has 1 aromatic heterocycles. The van der Waals surface area contributed by atoms with Crippen LogP contribution >= 0.6 is 11.3 Å². The zero-order chi connectivity index (χ0) is 15.7. The van der Waals surface area contributed by atoms with Crippen molar-refractivity contribution in [3.8, 4) is 0 Å². The maximum absolute atomic E-state index is 12.9. The van der Waals surface area contributed by atoms with Crippen LogP contribution in [0.2, 0.25) is 0 Å². The highest BCUT2D eigenvalue weighted by Crippen LogP contribution is 2.32. The lowest BCUT2D eigenvalue weighted by atomic mass is 9.96. The Morgan fingerprint density at radius 3 is 2.68 bits per heavy atom. The van der Waals surface area contributed by atoms with Crippen molar-refractivity contribution in [1.82, 2.24) is 14.8 Å². The van der Waals surface area contributed by atoms with Gasteiger partial charge in [0.1, 0.15) is 0 Å². The van der Waals surface area contributed by atoms with Crippen molar-refractivity contribution in [2.75, 3.05) is 26.7 Å². The van der Waals surface area contributed by atoms with E-state index in [1.165, 1.54) is 22.7 Å². The van der Waals surface area contributed by atoms with Crippen molar-refractivity contribution in [2.24, 2.45) is 0 Å². The average molecular weight is 321 g/mol. The highest BCUT2D eigenvalue weighted by atomic mass is 32.1. The summed E-state index contributed by atoms with van der Waals surface area (Å²) in [6.45, 7) is 7.05. The maximum Gasteiger partial charge on any atom is 0.239 e. The van der Waals surface area contributed by atoms with E-state index < -0.39 is 0 Å². The molecule has 22 heavy (non-hydrogen) atoms. The number of likely N-dealkylation sites (N-methyl/N-ethyl adjacent to an activating group) is 1. The van der Waals surface area contributed by atoms with Crippen molar-refractivity contribution in [1.29, 1.82) is 0 Å². The van der Waals surface area contributed by atoms with Crippen LogP contribution < -0.4 is 0 Å². The lowest BCUT2D eigenvalue weighted by Crippen LogP contribution is -2.51. The molecule has 1 aromatic rings. The zero-order valence-corrected chi connectivity index (χ0v) is 14.8. The normalized spacial score (nSPS) is 27.1. The molecule has 0 unspecified atom stereocenters. The Morgan fingerprint density at radius 2 is 2.00 bits per heavy atom. The Hall–Kier alpha value is -0.940. The van der Waals surface area contributed by atoms with Gasteiger partial charge >= 0.3 is 0 Å². The molecule has 0 aromatic carbocycles. The van der Waals surface area contributed by atoms with E-state index in [-0.39, 0.29) is 6.04 Å². The number of aromatic nitrogens is 1. The number of aryl methyl sites for hydroxylation is 2. The van der Waals surface area contributed by atoms with E-state index in [1.54, 1.807) is 0 Å². The largest absolute Gasteiger partial charge is 0.341 e. The van der Waals surface area contributed by atoms with Gasteiger partial charge in [-0.25, -0.2) is 4.98 Å². The summed E-state index contributed by atoms with van der Waals surface area (Å²) < 4.78 is 0. The van der Waals surface area contributed by atoms with E-state index in [0.29, 0.717) is 11.8 Å². The van der Waals surface area contributed by atoms with E-state index >= 15 is 0 Å². The molecule has 0 bridgehead atoms. The van der Waals surface area contributed by atoms with E-state index in [4.69, 9.17) is 4.98 Å². The van der Waals surface area contributed by atoms with Gasteiger partial charge in [0, 0.05) is 23.9 Å². The van der Waals surface area contributed by atoms with Gasteiger partial charge in [-0.2, -0.15) is 0 Å². The van der Waals surface area contributed by atoms with E-state index in [0.717, 1.165) is 44.6 Å². The predicted molar refractivity (Wildman–Crippen MR) is 90.4 cm³/mol. The Morgan fingerprint density at radius 1 is 1.18 bits per heavy atom. The van der Waals surface area contributed by atoms with Crippen LogP contribution in [0.3, 0.4) is 0 Å². The first-order valence-electron chi connectivity index (χ1n) is 8.49. The van der Waals surface area contributed by atoms with E-state index in [1.807, 2.05) is 11.3 Å². The highest BCUT2D eigenvalue weighted by molar-refractivity contribution is 7.11. The SMILES string of the molecule is Cc1nc([C@H]2CCCN(C(=O)[C@@H]3CCCCN3C)C2)sc1C. The van der Waals surface area contributed by atoms with Gasteiger partial charge in [0.15, 0.2) is 0 Å². The topological polar surface area (TPSA) is 36.4 Å². The molecule has 0 N–H and O–H groups in total. The molecule has 2 saturated heterocycles. The van der Waals surface area contributed by atoms with Gasteiger partial charge in [-0.3, -0.25) is 9.69 Å². The minimum atomic E-state index is 0.104. The van der Waals surface area contributed by atoms with Crippen LogP contribution in [-0.4, -0.2) is 53.4 Å². The Kier molecular flexibility index (Phi) is 4.83. The third kappa shape index (κ3) is 3.20. The van der Waals surface area contributed by atoms with Gasteiger partial charge in [-0.1, -0.05) is 6.42 Å². The predicted octanol–water partition coefficient (Wildman–Crippen LogP) is 2.95. The van der Waals surface area contributed by atoms with E-state index in [9.17, 15) is 4.79 Å². The second-order valence-corrected chi connectivity index (χ2v) is 8.04. The molecule has 0 spiro atoms. The van der Waals surface area contributed by atoms with Crippen LogP contribution in [0.1, 0.15) is 53.6 Å². The number of nitrogens with zero attached hydrogens (tertiary/aromatic N) is 3. The summed E-state index contributed by atoms with van der Waals surface area (Å²) in [5.41, 5.74) is 1.15. The fourth-order valence-corrected chi connectivity index (χ4v) is 4.70. The minimum Gasteiger partial charge on any atom is -0.341 e. The summed E-state index contributed by atoms with van der Waals surface area (Å²) in [5, 5.41) is 1.23. The van der Waals surface area contributed by atoms with Crippen LogP contribution in [0.15, 0.2) is 0 Å². The van der Waals surface area contributed by atoms with Crippen molar-refractivity contribution < 1.29 is 4.79 Å². The number of piperidine rings is 2. The summed E-state index contributed by atoms with van der Waals surface area (Å²) in [5.74, 6) is 0.779. The molecule has 5 heteroatoms. The number of likely N-dealkylation sites (tertiary alicyclic amines) is 2. The lowest BCUT2D eigenvalue weighted by Gasteiger charge is -2.38. The monoisotopic (exact) mass is 321 g/mol. The Balaban J connectivity index is 1.68. The number of thiazole rings is 1. The third-order valence-electron chi connectivity index (χ3n) is 5.18. The summed E-state index contributed by atoms with van der Waals surface area (Å²) in [6, 6.07) is 0.104. The van der Waals surface area contributed by atoms with Crippen molar-refractivity contribution >= 4 is 17.2 Å².